The first-order valence-electron chi connectivity index (χ1n) is 6.79. The molecule has 0 saturated carbocycles. The Bertz CT molecular complexity index is 528. The zero-order valence-corrected chi connectivity index (χ0v) is 12.4. The Labute approximate surface area is 124 Å². The van der Waals surface area contributed by atoms with E-state index in [0.29, 0.717) is 13.2 Å². The highest BCUT2D eigenvalue weighted by atomic mass is 35.5. The standard InChI is InChI=1S/C16H19ClN2O/c1-2-9-18-16-14(4-3-10-19-16)12-20-11-13-5-7-15(17)8-6-13/h3-8,10H,2,9,11-12H2,1H3,(H,18,19). The molecule has 3 nitrogen and oxygen atoms in total. The molecule has 20 heavy (non-hydrogen) atoms. The fraction of sp³-hybridized carbons (Fsp3) is 0.312. The number of hydrogen-bond acceptors (Lipinski definition) is 3. The highest BCUT2D eigenvalue weighted by Crippen LogP contribution is 2.15. The average Bonchev–Trinajstić information content (AvgIpc) is 2.48. The number of aromatic nitrogens is 1. The lowest BCUT2D eigenvalue weighted by molar-refractivity contribution is 0.107. The average molecular weight is 291 g/mol. The van der Waals surface area contributed by atoms with Crippen LogP contribution in [0.1, 0.15) is 24.5 Å². The van der Waals surface area contributed by atoms with Gasteiger partial charge in [-0.25, -0.2) is 4.98 Å². The summed E-state index contributed by atoms with van der Waals surface area (Å²) < 4.78 is 5.74. The molecule has 0 aliphatic carbocycles. The summed E-state index contributed by atoms with van der Waals surface area (Å²) in [5, 5.41) is 4.05. The van der Waals surface area contributed by atoms with Gasteiger partial charge in [-0.1, -0.05) is 36.7 Å². The number of rotatable bonds is 7. The Kier molecular flexibility index (Phi) is 5.84. The summed E-state index contributed by atoms with van der Waals surface area (Å²) in [5.74, 6) is 0.908. The summed E-state index contributed by atoms with van der Waals surface area (Å²) in [7, 11) is 0. The van der Waals surface area contributed by atoms with Crippen LogP contribution in [0.4, 0.5) is 5.82 Å². The first-order chi connectivity index (χ1) is 9.79. The Morgan fingerprint density at radius 1 is 1.15 bits per heavy atom. The van der Waals surface area contributed by atoms with Crippen LogP contribution in [0, 0.1) is 0 Å². The molecule has 1 N–H and O–H groups in total. The molecular weight excluding hydrogens is 272 g/mol. The monoisotopic (exact) mass is 290 g/mol. The number of hydrogen-bond donors (Lipinski definition) is 1. The number of anilines is 1. The molecular formula is C16H19ClN2O. The van der Waals surface area contributed by atoms with Crippen molar-refractivity contribution in [3.63, 3.8) is 0 Å². The van der Waals surface area contributed by atoms with Crippen molar-refractivity contribution in [2.75, 3.05) is 11.9 Å². The maximum absolute atomic E-state index is 5.85. The molecule has 1 aromatic carbocycles. The number of nitrogens with one attached hydrogen (secondary N) is 1. The number of benzene rings is 1. The van der Waals surface area contributed by atoms with Crippen LogP contribution >= 0.6 is 11.6 Å². The Hall–Kier alpha value is -1.58. The minimum atomic E-state index is 0.544. The van der Waals surface area contributed by atoms with Crippen molar-refractivity contribution >= 4 is 17.4 Å². The molecule has 0 spiro atoms. The van der Waals surface area contributed by atoms with Crippen molar-refractivity contribution in [1.82, 2.24) is 4.98 Å². The van der Waals surface area contributed by atoms with Gasteiger partial charge in [0, 0.05) is 23.3 Å². The van der Waals surface area contributed by atoms with Gasteiger partial charge in [0.15, 0.2) is 0 Å². The zero-order chi connectivity index (χ0) is 14.2. The van der Waals surface area contributed by atoms with Gasteiger partial charge >= 0.3 is 0 Å². The first-order valence-corrected chi connectivity index (χ1v) is 7.17. The van der Waals surface area contributed by atoms with Crippen LogP contribution in [0.5, 0.6) is 0 Å². The second-order valence-corrected chi connectivity index (χ2v) is 4.99. The smallest absolute Gasteiger partial charge is 0.131 e. The van der Waals surface area contributed by atoms with Gasteiger partial charge in [-0.15, -0.1) is 0 Å². The molecule has 0 bridgehead atoms. The number of nitrogens with zero attached hydrogens (tertiary/aromatic N) is 1. The third kappa shape index (κ3) is 4.51. The summed E-state index contributed by atoms with van der Waals surface area (Å²) in [6, 6.07) is 11.7. The quantitative estimate of drug-likeness (QED) is 0.827. The first kappa shape index (κ1) is 14.8. The van der Waals surface area contributed by atoms with Crippen molar-refractivity contribution in [3.8, 4) is 0 Å². The van der Waals surface area contributed by atoms with Crippen molar-refractivity contribution in [3.05, 3.63) is 58.7 Å². The second-order valence-electron chi connectivity index (χ2n) is 4.56. The van der Waals surface area contributed by atoms with E-state index < -0.39 is 0 Å². The minimum absolute atomic E-state index is 0.544. The normalized spacial score (nSPS) is 10.5. The van der Waals surface area contributed by atoms with Gasteiger partial charge in [0.1, 0.15) is 5.82 Å². The largest absolute Gasteiger partial charge is 0.372 e. The molecule has 0 radical (unpaired) electrons. The molecule has 0 aliphatic heterocycles. The Morgan fingerprint density at radius 3 is 2.70 bits per heavy atom. The highest BCUT2D eigenvalue weighted by Gasteiger charge is 2.03. The number of halogens is 1. The molecule has 106 valence electrons. The molecule has 4 heteroatoms. The Balaban J connectivity index is 1.88. The predicted molar refractivity (Wildman–Crippen MR) is 83.0 cm³/mol. The third-order valence-corrected chi connectivity index (χ3v) is 3.13. The molecule has 1 aromatic heterocycles. The van der Waals surface area contributed by atoms with E-state index in [4.69, 9.17) is 16.3 Å². The van der Waals surface area contributed by atoms with Gasteiger partial charge in [-0.3, -0.25) is 0 Å². The van der Waals surface area contributed by atoms with Crippen LogP contribution in [-0.2, 0) is 18.0 Å². The third-order valence-electron chi connectivity index (χ3n) is 2.87. The van der Waals surface area contributed by atoms with Crippen LogP contribution in [-0.4, -0.2) is 11.5 Å². The van der Waals surface area contributed by atoms with E-state index in [-0.39, 0.29) is 0 Å². The second kappa shape index (κ2) is 7.88. The lowest BCUT2D eigenvalue weighted by Crippen LogP contribution is -2.06. The predicted octanol–water partition coefficient (Wildman–Crippen LogP) is 4.27. The maximum Gasteiger partial charge on any atom is 0.131 e. The van der Waals surface area contributed by atoms with Gasteiger partial charge < -0.3 is 10.1 Å². The summed E-state index contributed by atoms with van der Waals surface area (Å²) in [6.07, 6.45) is 2.86. The van der Waals surface area contributed by atoms with Crippen molar-refractivity contribution in [1.29, 1.82) is 0 Å². The van der Waals surface area contributed by atoms with E-state index in [9.17, 15) is 0 Å². The molecule has 0 saturated heterocycles. The zero-order valence-electron chi connectivity index (χ0n) is 11.6. The topological polar surface area (TPSA) is 34.2 Å². The van der Waals surface area contributed by atoms with E-state index in [1.807, 2.05) is 36.4 Å². The summed E-state index contributed by atoms with van der Waals surface area (Å²) in [6.45, 7) is 4.16. The van der Waals surface area contributed by atoms with Crippen molar-refractivity contribution in [2.24, 2.45) is 0 Å². The molecule has 0 aliphatic rings. The van der Waals surface area contributed by atoms with E-state index in [1.54, 1.807) is 6.20 Å². The molecule has 0 fully saturated rings. The molecule has 1 heterocycles. The number of pyridine rings is 1. The maximum atomic E-state index is 5.85. The fourth-order valence-electron chi connectivity index (χ4n) is 1.82. The fourth-order valence-corrected chi connectivity index (χ4v) is 1.94. The van der Waals surface area contributed by atoms with Crippen LogP contribution in [0.3, 0.4) is 0 Å². The van der Waals surface area contributed by atoms with Gasteiger partial charge in [-0.05, 0) is 30.2 Å². The van der Waals surface area contributed by atoms with E-state index in [2.05, 4.69) is 17.2 Å². The summed E-state index contributed by atoms with van der Waals surface area (Å²) >= 11 is 5.85. The molecule has 2 aromatic rings. The Morgan fingerprint density at radius 2 is 1.95 bits per heavy atom. The summed E-state index contributed by atoms with van der Waals surface area (Å²) in [5.41, 5.74) is 2.19. The highest BCUT2D eigenvalue weighted by molar-refractivity contribution is 6.30. The number of ether oxygens (including phenoxy) is 1. The van der Waals surface area contributed by atoms with Gasteiger partial charge in [0.25, 0.3) is 0 Å². The van der Waals surface area contributed by atoms with Crippen molar-refractivity contribution < 1.29 is 4.74 Å². The van der Waals surface area contributed by atoms with Crippen LogP contribution < -0.4 is 5.32 Å². The van der Waals surface area contributed by atoms with Gasteiger partial charge in [0.05, 0.1) is 13.2 Å². The molecule has 2 rings (SSSR count). The SMILES string of the molecule is CCCNc1ncccc1COCc1ccc(Cl)cc1. The summed E-state index contributed by atoms with van der Waals surface area (Å²) in [4.78, 5) is 4.34. The van der Waals surface area contributed by atoms with E-state index in [1.165, 1.54) is 0 Å². The van der Waals surface area contributed by atoms with Crippen molar-refractivity contribution in [2.45, 2.75) is 26.6 Å². The van der Waals surface area contributed by atoms with E-state index >= 15 is 0 Å². The van der Waals surface area contributed by atoms with Gasteiger partial charge in [0.2, 0.25) is 0 Å². The van der Waals surface area contributed by atoms with Crippen LogP contribution in [0.15, 0.2) is 42.6 Å². The van der Waals surface area contributed by atoms with E-state index in [0.717, 1.165) is 34.9 Å². The lowest BCUT2D eigenvalue weighted by Gasteiger charge is -2.10. The van der Waals surface area contributed by atoms with Crippen LogP contribution in [0.25, 0.3) is 0 Å². The lowest BCUT2D eigenvalue weighted by atomic mass is 10.2. The van der Waals surface area contributed by atoms with Crippen LogP contribution in [0.2, 0.25) is 5.02 Å². The molecule has 0 unspecified atom stereocenters. The minimum Gasteiger partial charge on any atom is -0.372 e. The van der Waals surface area contributed by atoms with Gasteiger partial charge in [-0.2, -0.15) is 0 Å². The molecule has 0 atom stereocenters. The molecule has 0 amide bonds.